The van der Waals surface area contributed by atoms with Crippen LogP contribution in [0, 0.1) is 0 Å². The number of aliphatic hydroxyl groups is 1. The van der Waals surface area contributed by atoms with Crippen molar-refractivity contribution in [3.05, 3.63) is 0 Å². The topological polar surface area (TPSA) is 99.1 Å². The molecule has 0 aliphatic carbocycles. The number of rotatable bonds is 6. The number of carbonyl (C=O) groups excluding carboxylic acids is 1. The standard InChI is InChI=1S/C8H16N2O5/c1-10(3-4-11)8(14)9-5-6(15-2)7(12)13/h6,11H,3-5H2,1-2H3,(H,9,14)(H,12,13). The average molecular weight is 220 g/mol. The summed E-state index contributed by atoms with van der Waals surface area (Å²) in [6.45, 7) is -0.0620. The quantitative estimate of drug-likeness (QED) is 0.518. The lowest BCUT2D eigenvalue weighted by Crippen LogP contribution is -2.44. The minimum atomic E-state index is -1.14. The van der Waals surface area contributed by atoms with Gasteiger partial charge >= 0.3 is 12.0 Å². The van der Waals surface area contributed by atoms with Crippen molar-refractivity contribution in [2.24, 2.45) is 0 Å². The third kappa shape index (κ3) is 5.18. The minimum Gasteiger partial charge on any atom is -0.479 e. The van der Waals surface area contributed by atoms with Crippen LogP contribution in [-0.4, -0.2) is 67.1 Å². The normalized spacial score (nSPS) is 11.9. The number of carboxylic acids is 1. The number of carbonyl (C=O) groups is 2. The molecule has 1 atom stereocenters. The van der Waals surface area contributed by atoms with Gasteiger partial charge in [0.05, 0.1) is 13.2 Å². The SMILES string of the molecule is COC(CNC(=O)N(C)CCO)C(=O)O. The molecule has 0 rings (SSSR count). The Morgan fingerprint density at radius 3 is 2.53 bits per heavy atom. The molecule has 2 amide bonds. The molecule has 3 N–H and O–H groups in total. The first-order chi connectivity index (χ1) is 7.02. The maximum absolute atomic E-state index is 11.2. The van der Waals surface area contributed by atoms with Gasteiger partial charge in [0.25, 0.3) is 0 Å². The third-order valence-electron chi connectivity index (χ3n) is 1.78. The average Bonchev–Trinajstić information content (AvgIpc) is 2.18. The Morgan fingerprint density at radius 2 is 2.13 bits per heavy atom. The van der Waals surface area contributed by atoms with Crippen LogP contribution in [0.3, 0.4) is 0 Å². The van der Waals surface area contributed by atoms with Crippen LogP contribution in [0.1, 0.15) is 0 Å². The van der Waals surface area contributed by atoms with E-state index in [2.05, 4.69) is 10.1 Å². The van der Waals surface area contributed by atoms with Crippen molar-refractivity contribution in [1.29, 1.82) is 0 Å². The molecule has 0 bridgehead atoms. The third-order valence-corrected chi connectivity index (χ3v) is 1.78. The zero-order valence-corrected chi connectivity index (χ0v) is 8.77. The predicted octanol–water partition coefficient (Wildman–Crippen LogP) is -1.28. The number of hydrogen-bond acceptors (Lipinski definition) is 4. The molecule has 7 nitrogen and oxygen atoms in total. The van der Waals surface area contributed by atoms with Crippen molar-refractivity contribution in [1.82, 2.24) is 10.2 Å². The number of carboxylic acid groups (broad SMARTS) is 1. The van der Waals surface area contributed by atoms with Gasteiger partial charge in [-0.25, -0.2) is 9.59 Å². The van der Waals surface area contributed by atoms with Crippen molar-refractivity contribution >= 4 is 12.0 Å². The van der Waals surface area contributed by atoms with Crippen LogP contribution < -0.4 is 5.32 Å². The zero-order chi connectivity index (χ0) is 11.8. The van der Waals surface area contributed by atoms with Crippen LogP contribution in [0.25, 0.3) is 0 Å². The molecule has 0 radical (unpaired) electrons. The number of likely N-dealkylation sites (N-methyl/N-ethyl adjacent to an activating group) is 1. The molecule has 0 aliphatic heterocycles. The number of methoxy groups -OCH3 is 1. The number of aliphatic carboxylic acids is 1. The Morgan fingerprint density at radius 1 is 1.53 bits per heavy atom. The summed E-state index contributed by atoms with van der Waals surface area (Å²) in [5.74, 6) is -1.14. The van der Waals surface area contributed by atoms with E-state index < -0.39 is 18.1 Å². The Kier molecular flexibility index (Phi) is 6.39. The van der Waals surface area contributed by atoms with E-state index in [4.69, 9.17) is 10.2 Å². The lowest BCUT2D eigenvalue weighted by Gasteiger charge is -2.18. The fourth-order valence-electron chi connectivity index (χ4n) is 0.838. The number of urea groups is 1. The van der Waals surface area contributed by atoms with Gasteiger partial charge in [-0.2, -0.15) is 0 Å². The van der Waals surface area contributed by atoms with Gasteiger partial charge in [-0.15, -0.1) is 0 Å². The van der Waals surface area contributed by atoms with E-state index >= 15 is 0 Å². The molecule has 0 spiro atoms. The first kappa shape index (κ1) is 13.7. The van der Waals surface area contributed by atoms with Crippen LogP contribution >= 0.6 is 0 Å². The second-order valence-corrected chi connectivity index (χ2v) is 2.89. The highest BCUT2D eigenvalue weighted by atomic mass is 16.5. The van der Waals surface area contributed by atoms with Crippen molar-refractivity contribution < 1.29 is 24.5 Å². The van der Waals surface area contributed by atoms with E-state index in [1.54, 1.807) is 0 Å². The Bertz CT molecular complexity index is 221. The van der Waals surface area contributed by atoms with Crippen LogP contribution in [0.15, 0.2) is 0 Å². The number of aliphatic hydroxyl groups excluding tert-OH is 1. The fraction of sp³-hybridized carbons (Fsp3) is 0.750. The van der Waals surface area contributed by atoms with Gasteiger partial charge in [0.2, 0.25) is 0 Å². The first-order valence-electron chi connectivity index (χ1n) is 4.38. The number of nitrogens with one attached hydrogen (secondary N) is 1. The van der Waals surface area contributed by atoms with Crippen molar-refractivity contribution in [3.8, 4) is 0 Å². The summed E-state index contributed by atoms with van der Waals surface area (Å²) in [6.07, 6.45) is -1.06. The van der Waals surface area contributed by atoms with Crippen molar-refractivity contribution in [3.63, 3.8) is 0 Å². The molecule has 0 saturated heterocycles. The largest absolute Gasteiger partial charge is 0.479 e. The predicted molar refractivity (Wildman–Crippen MR) is 51.5 cm³/mol. The van der Waals surface area contributed by atoms with Gasteiger partial charge < -0.3 is 25.2 Å². The molecule has 0 heterocycles. The molecule has 1 unspecified atom stereocenters. The second-order valence-electron chi connectivity index (χ2n) is 2.89. The minimum absolute atomic E-state index is 0.111. The molecule has 0 aromatic rings. The summed E-state index contributed by atoms with van der Waals surface area (Å²) >= 11 is 0. The lowest BCUT2D eigenvalue weighted by molar-refractivity contribution is -0.148. The van der Waals surface area contributed by atoms with Gasteiger partial charge in [-0.05, 0) is 0 Å². The van der Waals surface area contributed by atoms with E-state index in [1.165, 1.54) is 19.1 Å². The summed E-state index contributed by atoms with van der Waals surface area (Å²) < 4.78 is 4.62. The highest BCUT2D eigenvalue weighted by Crippen LogP contribution is 1.89. The Labute approximate surface area is 87.6 Å². The zero-order valence-electron chi connectivity index (χ0n) is 8.77. The van der Waals surface area contributed by atoms with Crippen molar-refractivity contribution in [2.45, 2.75) is 6.10 Å². The molecule has 15 heavy (non-hydrogen) atoms. The molecule has 0 saturated carbocycles. The van der Waals surface area contributed by atoms with Crippen LogP contribution in [0.2, 0.25) is 0 Å². The Balaban J connectivity index is 3.92. The number of amides is 2. The maximum atomic E-state index is 11.2. The van der Waals surface area contributed by atoms with Crippen LogP contribution in [-0.2, 0) is 9.53 Å². The van der Waals surface area contributed by atoms with E-state index in [0.717, 1.165) is 0 Å². The lowest BCUT2D eigenvalue weighted by atomic mass is 10.3. The highest BCUT2D eigenvalue weighted by molar-refractivity contribution is 5.76. The summed E-state index contributed by atoms with van der Waals surface area (Å²) in [7, 11) is 2.75. The van der Waals surface area contributed by atoms with Crippen molar-refractivity contribution in [2.75, 3.05) is 33.9 Å². The monoisotopic (exact) mass is 220 g/mol. The summed E-state index contributed by atoms with van der Waals surface area (Å²) in [4.78, 5) is 23.0. The van der Waals surface area contributed by atoms with Gasteiger partial charge in [-0.3, -0.25) is 0 Å². The van der Waals surface area contributed by atoms with E-state index in [0.29, 0.717) is 0 Å². The summed E-state index contributed by atoms with van der Waals surface area (Å²) in [5.41, 5.74) is 0. The van der Waals surface area contributed by atoms with Crippen LogP contribution in [0.5, 0.6) is 0 Å². The molecule has 88 valence electrons. The second kappa shape index (κ2) is 7.02. The molecule has 0 aromatic carbocycles. The summed E-state index contributed by atoms with van der Waals surface area (Å²) in [6, 6.07) is -0.452. The van der Waals surface area contributed by atoms with E-state index in [9.17, 15) is 9.59 Å². The molecule has 0 aliphatic rings. The van der Waals surface area contributed by atoms with Gasteiger partial charge in [0.1, 0.15) is 0 Å². The maximum Gasteiger partial charge on any atom is 0.334 e. The van der Waals surface area contributed by atoms with Gasteiger partial charge in [-0.1, -0.05) is 0 Å². The molecule has 0 aromatic heterocycles. The highest BCUT2D eigenvalue weighted by Gasteiger charge is 2.18. The van der Waals surface area contributed by atoms with E-state index in [-0.39, 0.29) is 19.7 Å². The number of ether oxygens (including phenoxy) is 1. The molecule has 0 fully saturated rings. The number of nitrogens with zero attached hydrogens (tertiary/aromatic N) is 1. The smallest absolute Gasteiger partial charge is 0.334 e. The first-order valence-corrected chi connectivity index (χ1v) is 4.38. The number of hydrogen-bond donors (Lipinski definition) is 3. The molecule has 7 heteroatoms. The van der Waals surface area contributed by atoms with Gasteiger partial charge in [0, 0.05) is 20.7 Å². The molecular weight excluding hydrogens is 204 g/mol. The summed E-state index contributed by atoms with van der Waals surface area (Å²) in [5, 5.41) is 19.5. The van der Waals surface area contributed by atoms with E-state index in [1.807, 2.05) is 0 Å². The fourth-order valence-corrected chi connectivity index (χ4v) is 0.838. The van der Waals surface area contributed by atoms with Gasteiger partial charge in [0.15, 0.2) is 6.10 Å². The van der Waals surface area contributed by atoms with Crippen LogP contribution in [0.4, 0.5) is 4.79 Å². The molecular formula is C8H16N2O5. The Hall–Kier alpha value is -1.34.